The number of hydrogen-bond acceptors (Lipinski definition) is 7. The van der Waals surface area contributed by atoms with Crippen LogP contribution in [0.15, 0.2) is 48.5 Å². The van der Waals surface area contributed by atoms with Crippen LogP contribution < -0.4 is 19.9 Å². The van der Waals surface area contributed by atoms with Crippen molar-refractivity contribution < 1.29 is 9.53 Å². The predicted molar refractivity (Wildman–Crippen MR) is 129 cm³/mol. The van der Waals surface area contributed by atoms with Gasteiger partial charge in [0.2, 0.25) is 5.13 Å². The average molecular weight is 453 g/mol. The number of nitrogens with one attached hydrogen (secondary N) is 1. The normalized spacial score (nSPS) is 13.7. The van der Waals surface area contributed by atoms with Crippen LogP contribution in [0, 0.1) is 0 Å². The van der Waals surface area contributed by atoms with Crippen LogP contribution in [0.2, 0.25) is 0 Å². The van der Waals surface area contributed by atoms with E-state index in [1.165, 1.54) is 11.5 Å². The Morgan fingerprint density at radius 1 is 1.12 bits per heavy atom. The second-order valence-electron chi connectivity index (χ2n) is 7.87. The fourth-order valence-corrected chi connectivity index (χ4v) is 4.29. The number of aromatic nitrogens is 2. The van der Waals surface area contributed by atoms with E-state index in [0.29, 0.717) is 19.5 Å². The molecule has 0 radical (unpaired) electrons. The summed E-state index contributed by atoms with van der Waals surface area (Å²) in [7, 11) is 5.65. The van der Waals surface area contributed by atoms with E-state index in [4.69, 9.17) is 9.72 Å². The van der Waals surface area contributed by atoms with Crippen molar-refractivity contribution in [2.75, 3.05) is 62.5 Å². The Balaban J connectivity index is 1.29. The van der Waals surface area contributed by atoms with Gasteiger partial charge in [0.05, 0.1) is 7.11 Å². The summed E-state index contributed by atoms with van der Waals surface area (Å²) in [5, 5.41) is 3.89. The van der Waals surface area contributed by atoms with Gasteiger partial charge in [0, 0.05) is 69.6 Å². The molecule has 3 aromatic rings. The smallest absolute Gasteiger partial charge is 0.321 e. The summed E-state index contributed by atoms with van der Waals surface area (Å²) in [4.78, 5) is 23.4. The Morgan fingerprint density at radius 2 is 1.88 bits per heavy atom. The first-order valence-electron chi connectivity index (χ1n) is 10.6. The number of amides is 2. The average Bonchev–Trinajstić information content (AvgIpc) is 3.28. The van der Waals surface area contributed by atoms with Gasteiger partial charge in [-0.05, 0) is 42.0 Å². The Labute approximate surface area is 192 Å². The van der Waals surface area contributed by atoms with Gasteiger partial charge in [-0.15, -0.1) is 0 Å². The number of carbonyl (C=O) groups excluding carboxylic acids is 1. The number of ether oxygens (including phenoxy) is 1. The molecule has 168 valence electrons. The van der Waals surface area contributed by atoms with Crippen molar-refractivity contribution in [3.05, 3.63) is 59.9 Å². The molecule has 32 heavy (non-hydrogen) atoms. The first-order chi connectivity index (χ1) is 15.5. The van der Waals surface area contributed by atoms with E-state index in [0.717, 1.165) is 46.7 Å². The van der Waals surface area contributed by atoms with Crippen molar-refractivity contribution in [1.29, 1.82) is 0 Å². The molecule has 0 unspecified atom stereocenters. The van der Waals surface area contributed by atoms with Crippen LogP contribution >= 0.6 is 11.5 Å². The molecule has 0 aliphatic carbocycles. The lowest BCUT2D eigenvalue weighted by molar-refractivity contribution is 0.208. The van der Waals surface area contributed by atoms with Crippen LogP contribution in [0.3, 0.4) is 0 Å². The minimum atomic E-state index is -0.0711. The van der Waals surface area contributed by atoms with Crippen molar-refractivity contribution in [1.82, 2.24) is 14.3 Å². The fourth-order valence-electron chi connectivity index (χ4n) is 3.56. The highest BCUT2D eigenvalue weighted by Gasteiger charge is 2.23. The van der Waals surface area contributed by atoms with Gasteiger partial charge in [0.15, 0.2) is 0 Å². The molecule has 1 saturated heterocycles. The number of anilines is 3. The molecule has 2 amide bonds. The maximum absolute atomic E-state index is 12.6. The zero-order valence-corrected chi connectivity index (χ0v) is 19.4. The highest BCUT2D eigenvalue weighted by molar-refractivity contribution is 7.09. The molecule has 1 fully saturated rings. The highest BCUT2D eigenvalue weighted by atomic mass is 32.1. The minimum absolute atomic E-state index is 0.0711. The third-order valence-electron chi connectivity index (χ3n) is 5.43. The number of benzene rings is 2. The Bertz CT molecular complexity index is 1040. The third kappa shape index (κ3) is 5.28. The number of rotatable bonds is 6. The number of urea groups is 1. The zero-order chi connectivity index (χ0) is 22.5. The van der Waals surface area contributed by atoms with E-state index in [1.807, 2.05) is 66.4 Å². The van der Waals surface area contributed by atoms with Crippen LogP contribution in [0.5, 0.6) is 5.75 Å². The van der Waals surface area contributed by atoms with Gasteiger partial charge in [-0.1, -0.05) is 12.1 Å². The van der Waals surface area contributed by atoms with E-state index in [2.05, 4.69) is 20.7 Å². The van der Waals surface area contributed by atoms with Crippen LogP contribution in [-0.2, 0) is 6.42 Å². The van der Waals surface area contributed by atoms with Crippen molar-refractivity contribution in [3.8, 4) is 5.75 Å². The van der Waals surface area contributed by atoms with E-state index < -0.39 is 0 Å². The van der Waals surface area contributed by atoms with Crippen LogP contribution in [-0.4, -0.2) is 67.7 Å². The molecule has 0 spiro atoms. The van der Waals surface area contributed by atoms with Gasteiger partial charge >= 0.3 is 6.03 Å². The molecular weight excluding hydrogens is 424 g/mol. The van der Waals surface area contributed by atoms with Gasteiger partial charge in [-0.2, -0.15) is 4.37 Å². The van der Waals surface area contributed by atoms with Crippen molar-refractivity contribution in [3.63, 3.8) is 0 Å². The van der Waals surface area contributed by atoms with Gasteiger partial charge in [0.1, 0.15) is 11.6 Å². The first kappa shape index (κ1) is 21.9. The summed E-state index contributed by atoms with van der Waals surface area (Å²) in [5.41, 5.74) is 3.02. The number of piperazine rings is 1. The molecule has 1 aromatic heterocycles. The van der Waals surface area contributed by atoms with Crippen molar-refractivity contribution >= 4 is 34.1 Å². The van der Waals surface area contributed by atoms with Crippen LogP contribution in [0.4, 0.5) is 21.3 Å². The first-order valence-corrected chi connectivity index (χ1v) is 11.3. The quantitative estimate of drug-likeness (QED) is 0.617. The Kier molecular flexibility index (Phi) is 6.75. The summed E-state index contributed by atoms with van der Waals surface area (Å²) in [5.74, 6) is 1.64. The second kappa shape index (κ2) is 9.86. The maximum Gasteiger partial charge on any atom is 0.321 e. The Morgan fingerprint density at radius 3 is 2.56 bits per heavy atom. The van der Waals surface area contributed by atoms with Crippen molar-refractivity contribution in [2.24, 2.45) is 0 Å². The lowest BCUT2D eigenvalue weighted by Crippen LogP contribution is -2.50. The van der Waals surface area contributed by atoms with E-state index >= 15 is 0 Å². The molecule has 9 heteroatoms. The molecule has 0 bridgehead atoms. The summed E-state index contributed by atoms with van der Waals surface area (Å²) < 4.78 is 9.81. The highest BCUT2D eigenvalue weighted by Crippen LogP contribution is 2.22. The molecule has 2 heterocycles. The zero-order valence-electron chi connectivity index (χ0n) is 18.6. The summed E-state index contributed by atoms with van der Waals surface area (Å²) in [6, 6.07) is 15.7. The number of nitrogens with zero attached hydrogens (tertiary/aromatic N) is 5. The topological polar surface area (TPSA) is 73.8 Å². The van der Waals surface area contributed by atoms with Gasteiger partial charge in [-0.3, -0.25) is 0 Å². The largest absolute Gasteiger partial charge is 0.497 e. The second-order valence-corrected chi connectivity index (χ2v) is 8.60. The minimum Gasteiger partial charge on any atom is -0.497 e. The summed E-state index contributed by atoms with van der Waals surface area (Å²) in [6.07, 6.45) is 0.669. The number of carbonyl (C=O) groups is 1. The molecule has 1 aliphatic rings. The number of methoxy groups -OCH3 is 1. The monoisotopic (exact) mass is 452 g/mol. The third-order valence-corrected chi connectivity index (χ3v) is 6.24. The molecular formula is C23H28N6O2S. The molecule has 4 rings (SSSR count). The van der Waals surface area contributed by atoms with Crippen LogP contribution in [0.25, 0.3) is 0 Å². The number of hydrogen-bond donors (Lipinski definition) is 1. The van der Waals surface area contributed by atoms with Crippen LogP contribution in [0.1, 0.15) is 11.4 Å². The predicted octanol–water partition coefficient (Wildman–Crippen LogP) is 3.56. The van der Waals surface area contributed by atoms with Gasteiger partial charge < -0.3 is 24.8 Å². The van der Waals surface area contributed by atoms with E-state index in [1.54, 1.807) is 7.11 Å². The van der Waals surface area contributed by atoms with Crippen molar-refractivity contribution in [2.45, 2.75) is 6.42 Å². The molecule has 1 N–H and O–H groups in total. The standard InChI is InChI=1S/C23H28N6O2S/c1-27(2)19-9-7-18(8-10-19)24-22(30)28-11-13-29(14-12-28)23-25-21(26-32-23)16-17-5-4-6-20(15-17)31-3/h4-10,15H,11-14,16H2,1-3H3,(H,24,30). The molecule has 1 aliphatic heterocycles. The molecule has 0 atom stereocenters. The SMILES string of the molecule is COc1cccc(Cc2nsc(N3CCN(C(=O)Nc4ccc(N(C)C)cc4)CC3)n2)c1. The fraction of sp³-hybridized carbons (Fsp3) is 0.348. The van der Waals surface area contributed by atoms with E-state index in [9.17, 15) is 4.79 Å². The lowest BCUT2D eigenvalue weighted by atomic mass is 10.1. The molecule has 2 aromatic carbocycles. The maximum atomic E-state index is 12.6. The van der Waals surface area contributed by atoms with Gasteiger partial charge in [-0.25, -0.2) is 9.78 Å². The summed E-state index contributed by atoms with van der Waals surface area (Å²) in [6.45, 7) is 2.76. The lowest BCUT2D eigenvalue weighted by Gasteiger charge is -2.34. The van der Waals surface area contributed by atoms with E-state index in [-0.39, 0.29) is 6.03 Å². The molecule has 8 nitrogen and oxygen atoms in total. The van der Waals surface area contributed by atoms with Gasteiger partial charge in [0.25, 0.3) is 0 Å². The summed E-state index contributed by atoms with van der Waals surface area (Å²) >= 11 is 1.41. The molecule has 0 saturated carbocycles. The Hall–Kier alpha value is -3.33.